The average molecular weight is 662 g/mol. The van der Waals surface area contributed by atoms with Gasteiger partial charge in [-0.15, -0.1) is 0 Å². The van der Waals surface area contributed by atoms with Crippen LogP contribution in [0.25, 0.3) is 0 Å². The maximum atomic E-state index is 12.6. The molecule has 0 radical (unpaired) electrons. The van der Waals surface area contributed by atoms with Gasteiger partial charge in [-0.05, 0) is 26.2 Å². The molecule has 0 aliphatic carbocycles. The lowest BCUT2D eigenvalue weighted by atomic mass is 9.98. The van der Waals surface area contributed by atoms with Crippen molar-refractivity contribution in [1.82, 2.24) is 10.6 Å². The first-order valence-corrected chi connectivity index (χ1v) is 15.0. The molecule has 7 atom stereocenters. The number of nitrogens with two attached hydrogens (primary N) is 1. The van der Waals surface area contributed by atoms with Crippen LogP contribution in [0, 0.1) is 0 Å². The molecule has 17 nitrogen and oxygen atoms in total. The number of methoxy groups -OCH3 is 1. The summed E-state index contributed by atoms with van der Waals surface area (Å²) in [4.78, 5) is 83.3. The first-order valence-electron chi connectivity index (χ1n) is 15.0. The summed E-state index contributed by atoms with van der Waals surface area (Å²) in [6, 6.07) is -1.78. The van der Waals surface area contributed by atoms with Gasteiger partial charge in [0.25, 0.3) is 0 Å². The van der Waals surface area contributed by atoms with Gasteiger partial charge in [0.05, 0.1) is 13.2 Å². The Morgan fingerprint density at radius 3 is 1.93 bits per heavy atom. The second-order valence-corrected chi connectivity index (χ2v) is 10.6. The van der Waals surface area contributed by atoms with E-state index in [2.05, 4.69) is 15.4 Å². The van der Waals surface area contributed by atoms with Crippen molar-refractivity contribution in [3.8, 4) is 0 Å². The van der Waals surface area contributed by atoms with Crippen LogP contribution in [0.15, 0.2) is 0 Å². The summed E-state index contributed by atoms with van der Waals surface area (Å²) in [5, 5.41) is 5.27. The molecule has 46 heavy (non-hydrogen) atoms. The minimum absolute atomic E-state index is 0.0492. The Hall–Kier alpha value is -3.83. The Kier molecular flexibility index (Phi) is 18.4. The third-order valence-corrected chi connectivity index (χ3v) is 6.51. The molecule has 1 fully saturated rings. The van der Waals surface area contributed by atoms with Crippen molar-refractivity contribution in [3.63, 3.8) is 0 Å². The quantitative estimate of drug-likeness (QED) is 0.0903. The first kappa shape index (κ1) is 40.2. The zero-order chi connectivity index (χ0) is 34.8. The summed E-state index contributed by atoms with van der Waals surface area (Å²) in [5.41, 5.74) is 5.57. The van der Waals surface area contributed by atoms with E-state index in [1.807, 2.05) is 0 Å². The molecule has 0 unspecified atom stereocenters. The van der Waals surface area contributed by atoms with Crippen LogP contribution < -0.4 is 16.4 Å². The van der Waals surface area contributed by atoms with Gasteiger partial charge in [-0.2, -0.15) is 0 Å². The lowest BCUT2D eigenvalue weighted by molar-refractivity contribution is -0.308. The summed E-state index contributed by atoms with van der Waals surface area (Å²) in [7, 11) is 1.23. The fourth-order valence-corrected chi connectivity index (χ4v) is 4.37. The van der Waals surface area contributed by atoms with Crippen molar-refractivity contribution >= 4 is 41.7 Å². The molecule has 1 heterocycles. The van der Waals surface area contributed by atoms with Gasteiger partial charge in [0, 0.05) is 47.3 Å². The number of amides is 2. The predicted octanol–water partition coefficient (Wildman–Crippen LogP) is -0.452. The Balaban J connectivity index is 2.73. The SMILES string of the molecule is COC(=O)CC[C@H](NC(=O)[C@@H](C)N)C(=O)NCCCCCCO[C@@H]1O[C@H](COC(C)=O)[C@@H](OC(C)=O)[C@H](OC(C)=O)[C@H]1OC(C)=O. The average Bonchev–Trinajstić information content (AvgIpc) is 2.96. The lowest BCUT2D eigenvalue weighted by Crippen LogP contribution is -2.63. The molecule has 1 saturated heterocycles. The van der Waals surface area contributed by atoms with Gasteiger partial charge in [0.1, 0.15) is 18.8 Å². The van der Waals surface area contributed by atoms with Crippen LogP contribution in [0.3, 0.4) is 0 Å². The monoisotopic (exact) mass is 661 g/mol. The fraction of sp³-hybridized carbons (Fsp3) is 0.759. The number of ether oxygens (including phenoxy) is 7. The largest absolute Gasteiger partial charge is 0.469 e. The van der Waals surface area contributed by atoms with Gasteiger partial charge in [-0.25, -0.2) is 0 Å². The summed E-state index contributed by atoms with van der Waals surface area (Å²) < 4.78 is 37.5. The highest BCUT2D eigenvalue weighted by atomic mass is 16.7. The van der Waals surface area contributed by atoms with Crippen LogP contribution >= 0.6 is 0 Å². The molecule has 4 N–H and O–H groups in total. The van der Waals surface area contributed by atoms with E-state index in [0.29, 0.717) is 32.2 Å². The lowest BCUT2D eigenvalue weighted by Gasteiger charge is -2.44. The molecule has 2 amide bonds. The van der Waals surface area contributed by atoms with Crippen molar-refractivity contribution < 1.29 is 66.7 Å². The van der Waals surface area contributed by atoms with E-state index in [-0.39, 0.29) is 26.1 Å². The van der Waals surface area contributed by atoms with E-state index in [1.54, 1.807) is 0 Å². The van der Waals surface area contributed by atoms with Gasteiger partial charge < -0.3 is 49.5 Å². The van der Waals surface area contributed by atoms with E-state index in [0.717, 1.165) is 20.8 Å². The molecular weight excluding hydrogens is 614 g/mol. The molecule has 0 spiro atoms. The maximum Gasteiger partial charge on any atom is 0.305 e. The number of esters is 5. The number of nitrogens with one attached hydrogen (secondary N) is 2. The summed E-state index contributed by atoms with van der Waals surface area (Å²) in [5.74, 6) is -4.33. The number of rotatable bonds is 19. The fourth-order valence-electron chi connectivity index (χ4n) is 4.37. The van der Waals surface area contributed by atoms with E-state index in [4.69, 9.17) is 34.2 Å². The van der Waals surface area contributed by atoms with E-state index >= 15 is 0 Å². The van der Waals surface area contributed by atoms with Gasteiger partial charge in [0.15, 0.2) is 24.6 Å². The zero-order valence-electron chi connectivity index (χ0n) is 27.2. The standard InChI is InChI=1S/C29H47N3O14/c1-16(30)27(38)32-21(11-12-23(37)40-6)28(39)31-13-9-7-8-10-14-41-29-26(45-20(5)36)25(44-19(4)35)24(43-18(3)34)22(46-29)15-42-17(2)33/h16,21-22,24-26,29H,7-15,30H2,1-6H3,(H,31,39)(H,32,38)/t16-,21+,22-,24-,25+,26-,29-/m1/s1. The van der Waals surface area contributed by atoms with Crippen LogP contribution in [0.2, 0.25) is 0 Å². The molecule has 0 saturated carbocycles. The zero-order valence-corrected chi connectivity index (χ0v) is 27.2. The van der Waals surface area contributed by atoms with Crippen molar-refractivity contribution in [2.75, 3.05) is 26.9 Å². The van der Waals surface area contributed by atoms with Crippen molar-refractivity contribution in [1.29, 1.82) is 0 Å². The molecule has 0 aromatic carbocycles. The maximum absolute atomic E-state index is 12.6. The molecule has 0 bridgehead atoms. The van der Waals surface area contributed by atoms with E-state index in [1.165, 1.54) is 21.0 Å². The van der Waals surface area contributed by atoms with Crippen LogP contribution in [-0.4, -0.2) is 111 Å². The summed E-state index contributed by atoms with van der Waals surface area (Å²) >= 11 is 0. The van der Waals surface area contributed by atoms with Crippen LogP contribution in [-0.2, 0) is 66.7 Å². The second-order valence-electron chi connectivity index (χ2n) is 10.6. The Morgan fingerprint density at radius 2 is 1.37 bits per heavy atom. The van der Waals surface area contributed by atoms with Crippen LogP contribution in [0.4, 0.5) is 0 Å². The molecule has 17 heteroatoms. The predicted molar refractivity (Wildman–Crippen MR) is 156 cm³/mol. The van der Waals surface area contributed by atoms with Gasteiger partial charge in [0.2, 0.25) is 11.8 Å². The number of hydrogen-bond acceptors (Lipinski definition) is 15. The van der Waals surface area contributed by atoms with Crippen LogP contribution in [0.5, 0.6) is 0 Å². The summed E-state index contributed by atoms with van der Waals surface area (Å²) in [6.07, 6.45) is -3.81. The number of hydrogen-bond donors (Lipinski definition) is 3. The van der Waals surface area contributed by atoms with Crippen LogP contribution in [0.1, 0.15) is 73.1 Å². The molecule has 1 rings (SSSR count). The van der Waals surface area contributed by atoms with Gasteiger partial charge in [-0.1, -0.05) is 12.8 Å². The van der Waals surface area contributed by atoms with Crippen molar-refractivity contribution in [2.45, 2.75) is 116 Å². The number of carbonyl (C=O) groups is 7. The molecule has 1 aliphatic rings. The Labute approximate surface area is 267 Å². The smallest absolute Gasteiger partial charge is 0.305 e. The molecule has 0 aromatic heterocycles. The number of carbonyl (C=O) groups excluding carboxylic acids is 7. The number of unbranched alkanes of at least 4 members (excludes halogenated alkanes) is 3. The van der Waals surface area contributed by atoms with Gasteiger partial charge in [-0.3, -0.25) is 33.6 Å². The molecular formula is C29H47N3O14. The normalized spacial score (nSPS) is 21.9. The third-order valence-electron chi connectivity index (χ3n) is 6.51. The topological polar surface area (TPSA) is 234 Å². The Morgan fingerprint density at radius 1 is 0.783 bits per heavy atom. The van der Waals surface area contributed by atoms with Crippen molar-refractivity contribution in [2.24, 2.45) is 5.73 Å². The van der Waals surface area contributed by atoms with E-state index < -0.39 is 84.5 Å². The van der Waals surface area contributed by atoms with Crippen molar-refractivity contribution in [3.05, 3.63) is 0 Å². The second kappa shape index (κ2) is 21.1. The third kappa shape index (κ3) is 15.4. The minimum atomic E-state index is -1.32. The highest BCUT2D eigenvalue weighted by Crippen LogP contribution is 2.30. The van der Waals surface area contributed by atoms with Gasteiger partial charge >= 0.3 is 29.8 Å². The Bertz CT molecular complexity index is 1050. The molecule has 0 aromatic rings. The molecule has 1 aliphatic heterocycles. The highest BCUT2D eigenvalue weighted by Gasteiger charge is 2.52. The molecule has 262 valence electrons. The highest BCUT2D eigenvalue weighted by molar-refractivity contribution is 5.89. The van der Waals surface area contributed by atoms with E-state index in [9.17, 15) is 33.6 Å². The minimum Gasteiger partial charge on any atom is -0.469 e. The first-order chi connectivity index (χ1) is 21.7. The summed E-state index contributed by atoms with van der Waals surface area (Å²) in [6.45, 7) is 6.13.